The number of hydrogen-bond donors (Lipinski definition) is 3. The van der Waals surface area contributed by atoms with Crippen LogP contribution in [0.25, 0.3) is 0 Å². The molecule has 0 fully saturated rings. The molecule has 0 unspecified atom stereocenters. The number of aromatic nitrogens is 4. The summed E-state index contributed by atoms with van der Waals surface area (Å²) in [6.45, 7) is 0.338. The molecule has 0 aromatic carbocycles. The second kappa shape index (κ2) is 6.30. The minimum Gasteiger partial charge on any atom is -0.381 e. The smallest absolute Gasteiger partial charge is 0.381 e. The standard InChI is InChI=1S/C12H12F3N7/c13-12(14,15)9-3-5-19-11(20-9)18-4-1-2-8-7(6-16)10(17)22-21-8/h3,5H,1-2,4H2,(H3,17,21,22)(H,18,19,20). The monoisotopic (exact) mass is 311 g/mol. The zero-order chi connectivity index (χ0) is 16.2. The first-order valence-corrected chi connectivity index (χ1v) is 6.28. The van der Waals surface area contributed by atoms with E-state index in [9.17, 15) is 13.2 Å². The molecule has 0 spiro atoms. The van der Waals surface area contributed by atoms with Crippen molar-refractivity contribution in [2.24, 2.45) is 0 Å². The van der Waals surface area contributed by atoms with Gasteiger partial charge in [0.05, 0.1) is 5.69 Å². The number of halogens is 3. The molecule has 0 atom stereocenters. The van der Waals surface area contributed by atoms with Gasteiger partial charge < -0.3 is 11.1 Å². The van der Waals surface area contributed by atoms with Crippen LogP contribution in [0.5, 0.6) is 0 Å². The lowest BCUT2D eigenvalue weighted by Crippen LogP contribution is -2.12. The third-order valence-electron chi connectivity index (χ3n) is 2.81. The van der Waals surface area contributed by atoms with Gasteiger partial charge in [0.2, 0.25) is 5.95 Å². The molecule has 0 radical (unpaired) electrons. The molecule has 7 nitrogen and oxygen atoms in total. The summed E-state index contributed by atoms with van der Waals surface area (Å²) in [7, 11) is 0. The van der Waals surface area contributed by atoms with Crippen LogP contribution in [-0.4, -0.2) is 26.7 Å². The van der Waals surface area contributed by atoms with Gasteiger partial charge >= 0.3 is 6.18 Å². The van der Waals surface area contributed by atoms with E-state index >= 15 is 0 Å². The van der Waals surface area contributed by atoms with Gasteiger partial charge in [0, 0.05) is 12.7 Å². The minimum atomic E-state index is -4.51. The Bertz CT molecular complexity index is 687. The van der Waals surface area contributed by atoms with Gasteiger partial charge in [0.25, 0.3) is 0 Å². The van der Waals surface area contributed by atoms with E-state index in [1.165, 1.54) is 0 Å². The van der Waals surface area contributed by atoms with Gasteiger partial charge in [-0.2, -0.15) is 23.5 Å². The minimum absolute atomic E-state index is 0.0977. The number of aryl methyl sites for hydroxylation is 1. The summed E-state index contributed by atoms with van der Waals surface area (Å²) in [4.78, 5) is 7.11. The molecule has 2 aromatic rings. The SMILES string of the molecule is N#Cc1c(N)n[nH]c1CCCNc1nccc(C(F)(F)F)n1. The highest BCUT2D eigenvalue weighted by Gasteiger charge is 2.32. The molecular formula is C12H12F3N7. The van der Waals surface area contributed by atoms with Crippen molar-refractivity contribution in [3.05, 3.63) is 29.2 Å². The van der Waals surface area contributed by atoms with Gasteiger partial charge in [-0.05, 0) is 18.9 Å². The van der Waals surface area contributed by atoms with Crippen LogP contribution in [0.4, 0.5) is 24.9 Å². The molecule has 4 N–H and O–H groups in total. The van der Waals surface area contributed by atoms with E-state index in [2.05, 4.69) is 25.5 Å². The number of rotatable bonds is 5. The van der Waals surface area contributed by atoms with Crippen LogP contribution in [-0.2, 0) is 12.6 Å². The predicted octanol–water partition coefficient (Wildman–Crippen LogP) is 1.72. The largest absolute Gasteiger partial charge is 0.433 e. The Kier molecular flexibility index (Phi) is 4.45. The van der Waals surface area contributed by atoms with E-state index in [1.54, 1.807) is 0 Å². The van der Waals surface area contributed by atoms with Gasteiger partial charge in [0.1, 0.15) is 17.3 Å². The average molecular weight is 311 g/mol. The fourth-order valence-corrected chi connectivity index (χ4v) is 1.77. The number of nitrogens with zero attached hydrogens (tertiary/aromatic N) is 4. The second-order valence-electron chi connectivity index (χ2n) is 4.37. The summed E-state index contributed by atoms with van der Waals surface area (Å²) >= 11 is 0. The van der Waals surface area contributed by atoms with E-state index in [0.29, 0.717) is 25.1 Å². The van der Waals surface area contributed by atoms with Crippen LogP contribution >= 0.6 is 0 Å². The van der Waals surface area contributed by atoms with Gasteiger partial charge in [-0.1, -0.05) is 0 Å². The number of anilines is 2. The molecule has 116 valence electrons. The third-order valence-corrected chi connectivity index (χ3v) is 2.81. The number of nitrogens with one attached hydrogen (secondary N) is 2. The maximum Gasteiger partial charge on any atom is 0.433 e. The van der Waals surface area contributed by atoms with Crippen molar-refractivity contribution in [1.82, 2.24) is 20.2 Å². The fourth-order valence-electron chi connectivity index (χ4n) is 1.77. The van der Waals surface area contributed by atoms with Crippen molar-refractivity contribution in [1.29, 1.82) is 5.26 Å². The Morgan fingerprint density at radius 1 is 1.41 bits per heavy atom. The highest BCUT2D eigenvalue weighted by Crippen LogP contribution is 2.27. The van der Waals surface area contributed by atoms with Crippen LogP contribution in [0.2, 0.25) is 0 Å². The summed E-state index contributed by atoms with van der Waals surface area (Å²) in [5.41, 5.74) is 5.37. The molecule has 0 bridgehead atoms. The molecule has 10 heteroatoms. The molecule has 2 heterocycles. The summed E-state index contributed by atoms with van der Waals surface area (Å²) < 4.78 is 37.5. The Morgan fingerprint density at radius 2 is 2.18 bits per heavy atom. The highest BCUT2D eigenvalue weighted by molar-refractivity contribution is 5.50. The first-order chi connectivity index (χ1) is 10.4. The quantitative estimate of drug-likeness (QED) is 0.724. The van der Waals surface area contributed by atoms with Crippen LogP contribution in [0.3, 0.4) is 0 Å². The molecule has 0 saturated heterocycles. The fraction of sp³-hybridized carbons (Fsp3) is 0.333. The molecule has 2 aromatic heterocycles. The average Bonchev–Trinajstić information content (AvgIpc) is 2.83. The van der Waals surface area contributed by atoms with Gasteiger partial charge in [0.15, 0.2) is 5.82 Å². The highest BCUT2D eigenvalue weighted by atomic mass is 19.4. The molecule has 22 heavy (non-hydrogen) atoms. The maximum atomic E-state index is 12.5. The van der Waals surface area contributed by atoms with Crippen molar-refractivity contribution < 1.29 is 13.2 Å². The summed E-state index contributed by atoms with van der Waals surface area (Å²) in [6.07, 6.45) is -2.45. The Labute approximate surface area is 123 Å². The molecule has 0 saturated carbocycles. The Balaban J connectivity index is 1.88. The summed E-state index contributed by atoms with van der Waals surface area (Å²) in [5.74, 6) is 0.0335. The molecule has 0 aliphatic heterocycles. The second-order valence-corrected chi connectivity index (χ2v) is 4.37. The van der Waals surface area contributed by atoms with Gasteiger partial charge in [-0.3, -0.25) is 5.10 Å². The van der Waals surface area contributed by atoms with Crippen LogP contribution < -0.4 is 11.1 Å². The van der Waals surface area contributed by atoms with E-state index in [0.717, 1.165) is 12.3 Å². The predicted molar refractivity (Wildman–Crippen MR) is 71.6 cm³/mol. The number of aromatic amines is 1. The lowest BCUT2D eigenvalue weighted by Gasteiger charge is -2.08. The van der Waals surface area contributed by atoms with E-state index < -0.39 is 11.9 Å². The zero-order valence-corrected chi connectivity index (χ0v) is 11.3. The molecule has 0 aliphatic carbocycles. The van der Waals surface area contributed by atoms with Crippen molar-refractivity contribution >= 4 is 11.8 Å². The summed E-state index contributed by atoms with van der Waals surface area (Å²) in [6, 6.07) is 2.74. The zero-order valence-electron chi connectivity index (χ0n) is 11.3. The number of nitrogen functional groups attached to an aromatic ring is 1. The number of nitriles is 1. The van der Waals surface area contributed by atoms with Crippen molar-refractivity contribution in [2.45, 2.75) is 19.0 Å². The van der Waals surface area contributed by atoms with E-state index in [1.807, 2.05) is 6.07 Å². The summed E-state index contributed by atoms with van der Waals surface area (Å²) in [5, 5.41) is 18.0. The Hall–Kier alpha value is -2.83. The van der Waals surface area contributed by atoms with E-state index in [4.69, 9.17) is 11.0 Å². The van der Waals surface area contributed by atoms with Crippen molar-refractivity contribution in [2.75, 3.05) is 17.6 Å². The normalized spacial score (nSPS) is 11.2. The first-order valence-electron chi connectivity index (χ1n) is 6.28. The number of hydrogen-bond acceptors (Lipinski definition) is 6. The lowest BCUT2D eigenvalue weighted by molar-refractivity contribution is -0.141. The molecule has 2 rings (SSSR count). The topological polar surface area (TPSA) is 116 Å². The third kappa shape index (κ3) is 3.63. The number of nitrogens with two attached hydrogens (primary N) is 1. The molecular weight excluding hydrogens is 299 g/mol. The molecule has 0 aliphatic rings. The van der Waals surface area contributed by atoms with Crippen molar-refractivity contribution in [3.8, 4) is 6.07 Å². The lowest BCUT2D eigenvalue weighted by atomic mass is 10.1. The van der Waals surface area contributed by atoms with Gasteiger partial charge in [-0.15, -0.1) is 0 Å². The maximum absolute atomic E-state index is 12.5. The number of alkyl halides is 3. The Morgan fingerprint density at radius 3 is 2.86 bits per heavy atom. The van der Waals surface area contributed by atoms with Gasteiger partial charge in [-0.25, -0.2) is 9.97 Å². The first kappa shape index (κ1) is 15.6. The van der Waals surface area contributed by atoms with Crippen molar-refractivity contribution in [3.63, 3.8) is 0 Å². The molecule has 0 amide bonds. The van der Waals surface area contributed by atoms with E-state index in [-0.39, 0.29) is 17.3 Å². The number of H-pyrrole nitrogens is 1. The van der Waals surface area contributed by atoms with Crippen LogP contribution in [0.1, 0.15) is 23.4 Å². The van der Waals surface area contributed by atoms with Crippen LogP contribution in [0.15, 0.2) is 12.3 Å². The van der Waals surface area contributed by atoms with Crippen LogP contribution in [0, 0.1) is 11.3 Å².